The highest BCUT2D eigenvalue weighted by atomic mass is 14.8. The number of rotatable bonds is 3. The van der Waals surface area contributed by atoms with Crippen LogP contribution in [0.1, 0.15) is 65.2 Å². The van der Waals surface area contributed by atoms with Crippen molar-refractivity contribution in [2.75, 3.05) is 13.1 Å². The third kappa shape index (κ3) is 6.19. The van der Waals surface area contributed by atoms with Crippen molar-refractivity contribution in [1.82, 2.24) is 5.32 Å². The third-order valence-corrected chi connectivity index (χ3v) is 3.80. The van der Waals surface area contributed by atoms with E-state index in [0.717, 1.165) is 18.4 Å². The van der Waals surface area contributed by atoms with E-state index in [1.54, 1.807) is 0 Å². The van der Waals surface area contributed by atoms with E-state index in [0.29, 0.717) is 0 Å². The normalized spacial score (nSPS) is 30.0. The predicted octanol–water partition coefficient (Wildman–Crippen LogP) is 3.98. The lowest BCUT2D eigenvalue weighted by atomic mass is 9.89. The maximum Gasteiger partial charge on any atom is -0.00206 e. The zero-order chi connectivity index (χ0) is 10.9. The van der Waals surface area contributed by atoms with Crippen LogP contribution >= 0.6 is 0 Å². The second kappa shape index (κ2) is 8.15. The van der Waals surface area contributed by atoms with E-state index in [1.807, 2.05) is 0 Å². The van der Waals surface area contributed by atoms with Gasteiger partial charge in [-0.2, -0.15) is 0 Å². The first-order chi connectivity index (χ1) is 7.33. The first kappa shape index (κ1) is 13.0. The summed E-state index contributed by atoms with van der Waals surface area (Å²) in [6.45, 7) is 7.03. The number of nitrogens with one attached hydrogen (secondary N) is 1. The van der Waals surface area contributed by atoms with Crippen LogP contribution in [0.2, 0.25) is 0 Å². The van der Waals surface area contributed by atoms with Gasteiger partial charge in [-0.3, -0.25) is 0 Å². The molecule has 1 aliphatic rings. The topological polar surface area (TPSA) is 12.0 Å². The van der Waals surface area contributed by atoms with Crippen LogP contribution in [-0.4, -0.2) is 13.1 Å². The lowest BCUT2D eigenvalue weighted by Crippen LogP contribution is -2.22. The molecule has 1 rings (SSSR count). The van der Waals surface area contributed by atoms with Gasteiger partial charge in [0.05, 0.1) is 0 Å². The fourth-order valence-corrected chi connectivity index (χ4v) is 2.69. The summed E-state index contributed by atoms with van der Waals surface area (Å²) >= 11 is 0. The van der Waals surface area contributed by atoms with Gasteiger partial charge >= 0.3 is 0 Å². The number of hydrogen-bond donors (Lipinski definition) is 1. The molecule has 0 saturated heterocycles. The molecule has 1 saturated carbocycles. The van der Waals surface area contributed by atoms with Gasteiger partial charge in [-0.05, 0) is 37.8 Å². The Kier molecular flexibility index (Phi) is 7.08. The van der Waals surface area contributed by atoms with Gasteiger partial charge in [0.1, 0.15) is 0 Å². The minimum absolute atomic E-state index is 0.957. The molecule has 0 atom stereocenters. The van der Waals surface area contributed by atoms with Crippen LogP contribution in [0.5, 0.6) is 0 Å². The molecular formula is C14H29N. The summed E-state index contributed by atoms with van der Waals surface area (Å²) in [7, 11) is 0. The average Bonchev–Trinajstić information content (AvgIpc) is 2.25. The van der Waals surface area contributed by atoms with Crippen molar-refractivity contribution >= 4 is 0 Å². The van der Waals surface area contributed by atoms with E-state index in [1.165, 1.54) is 57.9 Å². The molecule has 1 N–H and O–H groups in total. The molecule has 0 aromatic rings. The smallest absolute Gasteiger partial charge is 0.00206 e. The SMILES string of the molecule is CCNCC1CCCCC(C)CCCC1. The quantitative estimate of drug-likeness (QED) is 0.744. The second-order valence-electron chi connectivity index (χ2n) is 5.35. The molecule has 0 spiro atoms. The van der Waals surface area contributed by atoms with E-state index < -0.39 is 0 Å². The Labute approximate surface area is 96.0 Å². The molecule has 0 bridgehead atoms. The lowest BCUT2D eigenvalue weighted by molar-refractivity contribution is 0.345. The first-order valence-electron chi connectivity index (χ1n) is 7.03. The van der Waals surface area contributed by atoms with Gasteiger partial charge in [0.15, 0.2) is 0 Å². The second-order valence-corrected chi connectivity index (χ2v) is 5.35. The average molecular weight is 211 g/mol. The fourth-order valence-electron chi connectivity index (χ4n) is 2.69. The van der Waals surface area contributed by atoms with E-state index in [4.69, 9.17) is 0 Å². The van der Waals surface area contributed by atoms with Crippen molar-refractivity contribution in [1.29, 1.82) is 0 Å². The zero-order valence-electron chi connectivity index (χ0n) is 10.7. The molecule has 0 aromatic carbocycles. The van der Waals surface area contributed by atoms with Crippen LogP contribution < -0.4 is 5.32 Å². The van der Waals surface area contributed by atoms with Crippen LogP contribution in [0.25, 0.3) is 0 Å². The van der Waals surface area contributed by atoms with Crippen molar-refractivity contribution in [3.05, 3.63) is 0 Å². The monoisotopic (exact) mass is 211 g/mol. The maximum atomic E-state index is 3.51. The van der Waals surface area contributed by atoms with Crippen LogP contribution in [-0.2, 0) is 0 Å². The maximum absolute atomic E-state index is 3.51. The van der Waals surface area contributed by atoms with Crippen LogP contribution in [0.3, 0.4) is 0 Å². The summed E-state index contributed by atoms with van der Waals surface area (Å²) in [5.41, 5.74) is 0. The summed E-state index contributed by atoms with van der Waals surface area (Å²) in [5.74, 6) is 1.94. The molecule has 1 aliphatic carbocycles. The van der Waals surface area contributed by atoms with Crippen LogP contribution in [0.4, 0.5) is 0 Å². The molecule has 1 fully saturated rings. The minimum Gasteiger partial charge on any atom is -0.317 e. The Morgan fingerprint density at radius 1 is 0.933 bits per heavy atom. The van der Waals surface area contributed by atoms with Gasteiger partial charge in [-0.25, -0.2) is 0 Å². The van der Waals surface area contributed by atoms with Gasteiger partial charge in [0, 0.05) is 0 Å². The molecule has 15 heavy (non-hydrogen) atoms. The van der Waals surface area contributed by atoms with Crippen molar-refractivity contribution < 1.29 is 0 Å². The first-order valence-corrected chi connectivity index (χ1v) is 7.03. The van der Waals surface area contributed by atoms with Crippen molar-refractivity contribution in [3.8, 4) is 0 Å². The minimum atomic E-state index is 0.957. The lowest BCUT2D eigenvalue weighted by Gasteiger charge is -2.20. The molecule has 0 aliphatic heterocycles. The van der Waals surface area contributed by atoms with Gasteiger partial charge in [0.2, 0.25) is 0 Å². The van der Waals surface area contributed by atoms with Crippen molar-refractivity contribution in [2.45, 2.75) is 65.2 Å². The Hall–Kier alpha value is -0.0400. The zero-order valence-corrected chi connectivity index (χ0v) is 10.7. The Bertz CT molecular complexity index is 132. The molecule has 0 aromatic heterocycles. The highest BCUT2D eigenvalue weighted by Crippen LogP contribution is 2.23. The van der Waals surface area contributed by atoms with E-state index in [9.17, 15) is 0 Å². The molecule has 1 heteroatoms. The third-order valence-electron chi connectivity index (χ3n) is 3.80. The molecule has 0 amide bonds. The van der Waals surface area contributed by atoms with E-state index >= 15 is 0 Å². The molecule has 0 radical (unpaired) electrons. The van der Waals surface area contributed by atoms with E-state index in [-0.39, 0.29) is 0 Å². The Morgan fingerprint density at radius 2 is 1.47 bits per heavy atom. The van der Waals surface area contributed by atoms with Crippen LogP contribution in [0, 0.1) is 11.8 Å². The highest BCUT2D eigenvalue weighted by Gasteiger charge is 2.11. The van der Waals surface area contributed by atoms with Gasteiger partial charge in [-0.1, -0.05) is 52.4 Å². The summed E-state index contributed by atoms with van der Waals surface area (Å²) in [6.07, 6.45) is 11.7. The molecule has 1 nitrogen and oxygen atoms in total. The standard InChI is InChI=1S/C14H29N/c1-3-15-12-14-10-6-4-8-13(2)9-5-7-11-14/h13-15H,3-12H2,1-2H3. The Balaban J connectivity index is 2.21. The molecule has 90 valence electrons. The van der Waals surface area contributed by atoms with Crippen molar-refractivity contribution in [2.24, 2.45) is 11.8 Å². The molecule has 0 heterocycles. The predicted molar refractivity (Wildman–Crippen MR) is 68.1 cm³/mol. The van der Waals surface area contributed by atoms with Gasteiger partial charge in [-0.15, -0.1) is 0 Å². The van der Waals surface area contributed by atoms with E-state index in [2.05, 4.69) is 19.2 Å². The summed E-state index contributed by atoms with van der Waals surface area (Å²) in [4.78, 5) is 0. The van der Waals surface area contributed by atoms with Crippen molar-refractivity contribution in [3.63, 3.8) is 0 Å². The summed E-state index contributed by atoms with van der Waals surface area (Å²) in [6, 6.07) is 0. The number of hydrogen-bond acceptors (Lipinski definition) is 1. The molecular weight excluding hydrogens is 182 g/mol. The fraction of sp³-hybridized carbons (Fsp3) is 1.00. The summed E-state index contributed by atoms with van der Waals surface area (Å²) in [5, 5.41) is 3.51. The van der Waals surface area contributed by atoms with Crippen LogP contribution in [0.15, 0.2) is 0 Å². The molecule has 0 unspecified atom stereocenters. The van der Waals surface area contributed by atoms with Gasteiger partial charge < -0.3 is 5.32 Å². The van der Waals surface area contributed by atoms with Gasteiger partial charge in [0.25, 0.3) is 0 Å². The highest BCUT2D eigenvalue weighted by molar-refractivity contribution is 4.66. The summed E-state index contributed by atoms with van der Waals surface area (Å²) < 4.78 is 0. The Morgan fingerprint density at radius 3 is 2.00 bits per heavy atom. The largest absolute Gasteiger partial charge is 0.317 e.